The Balaban J connectivity index is 2.17. The van der Waals surface area contributed by atoms with E-state index in [9.17, 15) is 18.0 Å². The van der Waals surface area contributed by atoms with Crippen LogP contribution in [-0.4, -0.2) is 30.1 Å². The second-order valence-corrected chi connectivity index (χ2v) is 6.43. The first-order valence-corrected chi connectivity index (χ1v) is 7.67. The van der Waals surface area contributed by atoms with Crippen LogP contribution in [0.4, 0.5) is 13.2 Å². The predicted octanol–water partition coefficient (Wildman–Crippen LogP) is 4.39. The normalized spacial score (nSPS) is 16.1. The van der Waals surface area contributed by atoms with Crippen molar-refractivity contribution in [1.29, 1.82) is 0 Å². The van der Waals surface area contributed by atoms with Crippen LogP contribution in [0.1, 0.15) is 16.8 Å². The fourth-order valence-corrected chi connectivity index (χ4v) is 2.87. The van der Waals surface area contributed by atoms with Gasteiger partial charge in [0.25, 0.3) is 5.91 Å². The van der Waals surface area contributed by atoms with Crippen molar-refractivity contribution in [2.45, 2.75) is 12.6 Å². The summed E-state index contributed by atoms with van der Waals surface area (Å²) >= 11 is 5.33. The molecule has 0 radical (unpaired) electrons. The monoisotopic (exact) mass is 459 g/mol. The number of nitrogens with zero attached hydrogens (tertiary/aromatic N) is 1. The van der Waals surface area contributed by atoms with Gasteiger partial charge in [0.2, 0.25) is 0 Å². The number of rotatable bonds is 1. The second-order valence-electron chi connectivity index (χ2n) is 4.35. The summed E-state index contributed by atoms with van der Waals surface area (Å²) in [5, 5.41) is 0. The lowest BCUT2D eigenvalue weighted by atomic mass is 10.1. The summed E-state index contributed by atoms with van der Waals surface area (Å²) in [6.45, 7) is 0.0863. The number of amides is 1. The Labute approximate surface area is 136 Å². The number of alkyl halides is 3. The van der Waals surface area contributed by atoms with E-state index in [1.54, 1.807) is 12.1 Å². The highest BCUT2D eigenvalue weighted by molar-refractivity contribution is 14.1. The number of benzene rings is 1. The van der Waals surface area contributed by atoms with Crippen LogP contribution < -0.4 is 0 Å². The van der Waals surface area contributed by atoms with Gasteiger partial charge in [0, 0.05) is 26.7 Å². The first-order chi connectivity index (χ1) is 9.29. The van der Waals surface area contributed by atoms with Crippen molar-refractivity contribution in [1.82, 2.24) is 4.90 Å². The first kappa shape index (κ1) is 15.8. The van der Waals surface area contributed by atoms with Crippen molar-refractivity contribution in [3.63, 3.8) is 0 Å². The summed E-state index contributed by atoms with van der Waals surface area (Å²) in [4.78, 5) is 13.7. The van der Waals surface area contributed by atoms with E-state index in [0.29, 0.717) is 5.56 Å². The molecule has 1 aromatic carbocycles. The molecule has 1 aromatic rings. The molecule has 0 N–H and O–H groups in total. The van der Waals surface area contributed by atoms with Gasteiger partial charge in [0.05, 0.1) is 5.56 Å². The minimum absolute atomic E-state index is 0.00370. The molecule has 1 heterocycles. The van der Waals surface area contributed by atoms with Gasteiger partial charge >= 0.3 is 6.18 Å². The van der Waals surface area contributed by atoms with Gasteiger partial charge in [-0.25, -0.2) is 0 Å². The van der Waals surface area contributed by atoms with Crippen LogP contribution >= 0.6 is 38.5 Å². The summed E-state index contributed by atoms with van der Waals surface area (Å²) in [6, 6.07) is 5.29. The summed E-state index contributed by atoms with van der Waals surface area (Å²) in [5.41, 5.74) is -0.0469. The molecule has 0 spiro atoms. The molecule has 108 valence electrons. The Morgan fingerprint density at radius 1 is 1.35 bits per heavy atom. The number of carbonyl (C=O) groups excluding carboxylic acids is 1. The van der Waals surface area contributed by atoms with Crippen molar-refractivity contribution in [2.24, 2.45) is 0 Å². The van der Waals surface area contributed by atoms with Crippen molar-refractivity contribution in [3.8, 4) is 0 Å². The van der Waals surface area contributed by atoms with Gasteiger partial charge in [-0.05, 0) is 47.2 Å². The fourth-order valence-electron chi connectivity index (χ4n) is 1.94. The zero-order valence-electron chi connectivity index (χ0n) is 10.2. The van der Waals surface area contributed by atoms with Crippen LogP contribution in [0.5, 0.6) is 0 Å². The fraction of sp³-hybridized carbons (Fsp3) is 0.308. The van der Waals surface area contributed by atoms with Gasteiger partial charge < -0.3 is 4.90 Å². The average molecular weight is 460 g/mol. The molecule has 0 aromatic heterocycles. The highest BCUT2D eigenvalue weighted by Crippen LogP contribution is 2.30. The van der Waals surface area contributed by atoms with E-state index in [0.717, 1.165) is 14.1 Å². The topological polar surface area (TPSA) is 20.3 Å². The Bertz CT molecular complexity index is 571. The Morgan fingerprint density at radius 3 is 2.60 bits per heavy atom. The van der Waals surface area contributed by atoms with Gasteiger partial charge in [-0.1, -0.05) is 22.0 Å². The zero-order valence-corrected chi connectivity index (χ0v) is 13.9. The smallest absolute Gasteiger partial charge is 0.335 e. The molecule has 1 aliphatic heterocycles. The van der Waals surface area contributed by atoms with Crippen LogP contribution in [0.25, 0.3) is 0 Å². The molecule has 1 amide bonds. The van der Waals surface area contributed by atoms with Crippen molar-refractivity contribution in [2.75, 3.05) is 13.1 Å². The van der Waals surface area contributed by atoms with E-state index in [4.69, 9.17) is 0 Å². The Kier molecular flexibility index (Phi) is 4.78. The third-order valence-corrected chi connectivity index (χ3v) is 4.45. The maximum absolute atomic E-state index is 12.5. The Morgan fingerprint density at radius 2 is 2.05 bits per heavy atom. The van der Waals surface area contributed by atoms with Crippen molar-refractivity contribution < 1.29 is 18.0 Å². The number of hydrogen-bond donors (Lipinski definition) is 0. The quantitative estimate of drug-likeness (QED) is 0.450. The predicted molar refractivity (Wildman–Crippen MR) is 81.5 cm³/mol. The largest absolute Gasteiger partial charge is 0.412 e. The van der Waals surface area contributed by atoms with Crippen LogP contribution in [0.15, 0.2) is 34.3 Å². The molecular weight excluding hydrogens is 450 g/mol. The third kappa shape index (κ3) is 3.55. The number of hydrogen-bond acceptors (Lipinski definition) is 1. The minimum atomic E-state index is -4.29. The van der Waals surface area contributed by atoms with Gasteiger partial charge in [0.15, 0.2) is 0 Å². The van der Waals surface area contributed by atoms with Gasteiger partial charge in [0.1, 0.15) is 0 Å². The third-order valence-electron chi connectivity index (χ3n) is 3.02. The van der Waals surface area contributed by atoms with Crippen LogP contribution in [0.2, 0.25) is 0 Å². The van der Waals surface area contributed by atoms with E-state index < -0.39 is 11.7 Å². The van der Waals surface area contributed by atoms with Gasteiger partial charge in [-0.3, -0.25) is 4.79 Å². The van der Waals surface area contributed by atoms with E-state index in [-0.39, 0.29) is 25.4 Å². The maximum atomic E-state index is 12.5. The lowest BCUT2D eigenvalue weighted by Gasteiger charge is -2.27. The molecule has 0 fully saturated rings. The summed E-state index contributed by atoms with van der Waals surface area (Å²) in [6.07, 6.45) is -3.36. The molecule has 1 aliphatic rings. The van der Waals surface area contributed by atoms with E-state index >= 15 is 0 Å². The first-order valence-electron chi connectivity index (χ1n) is 5.79. The minimum Gasteiger partial charge on any atom is -0.335 e. The highest BCUT2D eigenvalue weighted by Gasteiger charge is 2.35. The Hall–Kier alpha value is -0.570. The van der Waals surface area contributed by atoms with Crippen molar-refractivity contribution in [3.05, 3.63) is 43.5 Å². The van der Waals surface area contributed by atoms with Crippen LogP contribution in [-0.2, 0) is 0 Å². The summed E-state index contributed by atoms with van der Waals surface area (Å²) in [7, 11) is 0. The second kappa shape index (κ2) is 6.05. The zero-order chi connectivity index (χ0) is 14.9. The van der Waals surface area contributed by atoms with Crippen LogP contribution in [0, 0.1) is 3.57 Å². The van der Waals surface area contributed by atoms with E-state index in [2.05, 4.69) is 15.9 Å². The van der Waals surface area contributed by atoms with Gasteiger partial charge in [-0.2, -0.15) is 13.2 Å². The lowest BCUT2D eigenvalue weighted by Crippen LogP contribution is -2.37. The molecule has 0 aliphatic carbocycles. The van der Waals surface area contributed by atoms with E-state index in [1.165, 1.54) is 4.90 Å². The SMILES string of the molecule is O=C(c1cc(Br)ccc1I)N1CC=C(C(F)(F)F)CC1. The molecule has 0 saturated carbocycles. The number of halogens is 5. The molecule has 2 rings (SSSR count). The molecule has 2 nitrogen and oxygen atoms in total. The maximum Gasteiger partial charge on any atom is 0.412 e. The molecule has 0 unspecified atom stereocenters. The average Bonchev–Trinajstić information content (AvgIpc) is 2.40. The lowest BCUT2D eigenvalue weighted by molar-refractivity contribution is -0.0957. The molecule has 0 saturated heterocycles. The van der Waals surface area contributed by atoms with Crippen molar-refractivity contribution >= 4 is 44.4 Å². The number of carbonyl (C=O) groups is 1. The molecule has 0 atom stereocenters. The highest BCUT2D eigenvalue weighted by atomic mass is 127. The van der Waals surface area contributed by atoms with E-state index in [1.807, 2.05) is 28.7 Å². The standard InChI is InChI=1S/C13H10BrF3INO/c14-9-1-2-11(18)10(7-9)12(20)19-5-3-8(4-6-19)13(15,16)17/h1-3,7H,4-6H2. The summed E-state index contributed by atoms with van der Waals surface area (Å²) in [5.74, 6) is -0.242. The summed E-state index contributed by atoms with van der Waals surface area (Å²) < 4.78 is 39.1. The van der Waals surface area contributed by atoms with Crippen LogP contribution in [0.3, 0.4) is 0 Å². The molecule has 0 bridgehead atoms. The molecular formula is C13H10BrF3INO. The molecule has 7 heteroatoms. The molecule has 20 heavy (non-hydrogen) atoms. The van der Waals surface area contributed by atoms with Gasteiger partial charge in [-0.15, -0.1) is 0 Å².